The van der Waals surface area contributed by atoms with E-state index in [9.17, 15) is 0 Å². The quantitative estimate of drug-likeness (QED) is 0.767. The largest absolute Gasteiger partial charge is 0.493 e. The molecule has 2 N–H and O–H groups in total. The minimum Gasteiger partial charge on any atom is -0.493 e. The Morgan fingerprint density at radius 2 is 2.00 bits per heavy atom. The van der Waals surface area contributed by atoms with E-state index in [-0.39, 0.29) is 0 Å². The Kier molecular flexibility index (Phi) is 5.94. The number of rotatable bonds is 7. The predicted molar refractivity (Wildman–Crippen MR) is 68.8 cm³/mol. The number of para-hydroxylation sites is 1. The summed E-state index contributed by atoms with van der Waals surface area (Å²) in [4.78, 5) is 0. The third-order valence-electron chi connectivity index (χ3n) is 2.74. The van der Waals surface area contributed by atoms with Gasteiger partial charge in [0.15, 0.2) is 0 Å². The maximum absolute atomic E-state index is 5.93. The highest BCUT2D eigenvalue weighted by Crippen LogP contribution is 2.20. The van der Waals surface area contributed by atoms with Gasteiger partial charge in [-0.1, -0.05) is 32.0 Å². The Morgan fingerprint density at radius 1 is 1.25 bits per heavy atom. The van der Waals surface area contributed by atoms with Crippen LogP contribution in [0.1, 0.15) is 38.7 Å². The Hall–Kier alpha value is -1.02. The molecule has 0 saturated carbocycles. The monoisotopic (exact) mass is 221 g/mol. The molecule has 1 unspecified atom stereocenters. The summed E-state index contributed by atoms with van der Waals surface area (Å²) < 4.78 is 5.71. The third kappa shape index (κ3) is 4.23. The standard InChI is InChI=1S/C14H23NO/c1-3-11-16-14-8-6-5-7-12(14)9-10-13(15)4-2/h5-8,13H,3-4,9-11,15H2,1-2H3. The van der Waals surface area contributed by atoms with Crippen molar-refractivity contribution in [2.24, 2.45) is 5.73 Å². The van der Waals surface area contributed by atoms with Crippen LogP contribution in [0.5, 0.6) is 5.75 Å². The summed E-state index contributed by atoms with van der Waals surface area (Å²) in [5.41, 5.74) is 7.21. The van der Waals surface area contributed by atoms with Crippen LogP contribution in [0, 0.1) is 0 Å². The van der Waals surface area contributed by atoms with Gasteiger partial charge in [-0.25, -0.2) is 0 Å². The van der Waals surface area contributed by atoms with Gasteiger partial charge in [-0.3, -0.25) is 0 Å². The predicted octanol–water partition coefficient (Wildman–Crippen LogP) is 3.15. The molecule has 0 bridgehead atoms. The first-order chi connectivity index (χ1) is 7.77. The van der Waals surface area contributed by atoms with Crippen LogP contribution >= 0.6 is 0 Å². The van der Waals surface area contributed by atoms with E-state index in [1.165, 1.54) is 5.56 Å². The first-order valence-electron chi connectivity index (χ1n) is 6.24. The second kappa shape index (κ2) is 7.29. The van der Waals surface area contributed by atoms with Crippen molar-refractivity contribution in [1.29, 1.82) is 0 Å². The number of benzene rings is 1. The number of hydrogen-bond acceptors (Lipinski definition) is 2. The lowest BCUT2D eigenvalue weighted by Gasteiger charge is -2.12. The second-order valence-electron chi connectivity index (χ2n) is 4.16. The number of hydrogen-bond donors (Lipinski definition) is 1. The van der Waals surface area contributed by atoms with Crippen LogP contribution in [0.15, 0.2) is 24.3 Å². The Labute approximate surface area is 98.8 Å². The summed E-state index contributed by atoms with van der Waals surface area (Å²) in [6.07, 6.45) is 4.12. The normalized spacial score (nSPS) is 12.4. The van der Waals surface area contributed by atoms with Crippen molar-refractivity contribution < 1.29 is 4.74 Å². The molecule has 0 aromatic heterocycles. The van der Waals surface area contributed by atoms with E-state index >= 15 is 0 Å². The Morgan fingerprint density at radius 3 is 2.69 bits per heavy atom. The molecular formula is C14H23NO. The molecular weight excluding hydrogens is 198 g/mol. The van der Waals surface area contributed by atoms with E-state index < -0.39 is 0 Å². The zero-order valence-corrected chi connectivity index (χ0v) is 10.4. The SMILES string of the molecule is CCCOc1ccccc1CCC(N)CC. The number of nitrogens with two attached hydrogens (primary N) is 1. The molecule has 0 aliphatic carbocycles. The van der Waals surface area contributed by atoms with Gasteiger partial charge >= 0.3 is 0 Å². The van der Waals surface area contributed by atoms with Gasteiger partial charge in [-0.2, -0.15) is 0 Å². The van der Waals surface area contributed by atoms with Gasteiger partial charge in [-0.15, -0.1) is 0 Å². The Balaban J connectivity index is 2.56. The molecule has 0 heterocycles. The fourth-order valence-corrected chi connectivity index (χ4v) is 1.61. The van der Waals surface area contributed by atoms with Gasteiger partial charge in [0.1, 0.15) is 5.75 Å². The molecule has 1 rings (SSSR count). The van der Waals surface area contributed by atoms with E-state index in [0.29, 0.717) is 6.04 Å². The number of aryl methyl sites for hydroxylation is 1. The average Bonchev–Trinajstić information content (AvgIpc) is 2.34. The number of ether oxygens (including phenoxy) is 1. The van der Waals surface area contributed by atoms with Crippen molar-refractivity contribution in [1.82, 2.24) is 0 Å². The lowest BCUT2D eigenvalue weighted by Crippen LogP contribution is -2.19. The molecule has 0 spiro atoms. The molecule has 0 fully saturated rings. The van der Waals surface area contributed by atoms with Crippen molar-refractivity contribution >= 4 is 0 Å². The molecule has 16 heavy (non-hydrogen) atoms. The molecule has 0 aliphatic heterocycles. The molecule has 0 radical (unpaired) electrons. The van der Waals surface area contributed by atoms with Gasteiger partial charge in [0.05, 0.1) is 6.61 Å². The van der Waals surface area contributed by atoms with Crippen molar-refractivity contribution in [2.45, 2.75) is 45.6 Å². The lowest BCUT2D eigenvalue weighted by molar-refractivity contribution is 0.313. The van der Waals surface area contributed by atoms with Gasteiger partial charge in [0, 0.05) is 6.04 Å². The molecule has 0 amide bonds. The van der Waals surface area contributed by atoms with E-state index in [0.717, 1.165) is 38.0 Å². The summed E-state index contributed by atoms with van der Waals surface area (Å²) in [5.74, 6) is 1.02. The summed E-state index contributed by atoms with van der Waals surface area (Å²) in [6, 6.07) is 8.56. The maximum atomic E-state index is 5.93. The van der Waals surface area contributed by atoms with Gasteiger partial charge in [-0.05, 0) is 37.3 Å². The van der Waals surface area contributed by atoms with Crippen LogP contribution in [0.4, 0.5) is 0 Å². The van der Waals surface area contributed by atoms with Crippen LogP contribution in [-0.2, 0) is 6.42 Å². The highest BCUT2D eigenvalue weighted by Gasteiger charge is 2.05. The fourth-order valence-electron chi connectivity index (χ4n) is 1.61. The summed E-state index contributed by atoms with van der Waals surface area (Å²) in [6.45, 7) is 5.04. The molecule has 0 aliphatic rings. The van der Waals surface area contributed by atoms with Crippen molar-refractivity contribution in [3.05, 3.63) is 29.8 Å². The molecule has 2 heteroatoms. The van der Waals surface area contributed by atoms with Gasteiger partial charge in [0.2, 0.25) is 0 Å². The van der Waals surface area contributed by atoms with Gasteiger partial charge < -0.3 is 10.5 Å². The molecule has 2 nitrogen and oxygen atoms in total. The van der Waals surface area contributed by atoms with E-state index in [1.807, 2.05) is 12.1 Å². The average molecular weight is 221 g/mol. The van der Waals surface area contributed by atoms with Gasteiger partial charge in [0.25, 0.3) is 0 Å². The lowest BCUT2D eigenvalue weighted by atomic mass is 10.0. The first-order valence-corrected chi connectivity index (χ1v) is 6.24. The van der Waals surface area contributed by atoms with Crippen LogP contribution in [0.25, 0.3) is 0 Å². The van der Waals surface area contributed by atoms with E-state index in [2.05, 4.69) is 26.0 Å². The molecule has 1 atom stereocenters. The highest BCUT2D eigenvalue weighted by atomic mass is 16.5. The third-order valence-corrected chi connectivity index (χ3v) is 2.74. The molecule has 0 saturated heterocycles. The zero-order valence-electron chi connectivity index (χ0n) is 10.4. The smallest absolute Gasteiger partial charge is 0.122 e. The highest BCUT2D eigenvalue weighted by molar-refractivity contribution is 5.33. The Bertz CT molecular complexity index is 299. The molecule has 1 aromatic rings. The second-order valence-corrected chi connectivity index (χ2v) is 4.16. The topological polar surface area (TPSA) is 35.2 Å². The summed E-state index contributed by atoms with van der Waals surface area (Å²) in [7, 11) is 0. The minimum absolute atomic E-state index is 0.305. The van der Waals surface area contributed by atoms with Crippen LogP contribution in [-0.4, -0.2) is 12.6 Å². The molecule has 90 valence electrons. The van der Waals surface area contributed by atoms with Crippen LogP contribution in [0.3, 0.4) is 0 Å². The van der Waals surface area contributed by atoms with Crippen molar-refractivity contribution in [3.8, 4) is 5.75 Å². The van der Waals surface area contributed by atoms with Crippen molar-refractivity contribution in [2.75, 3.05) is 6.61 Å². The maximum Gasteiger partial charge on any atom is 0.122 e. The fraction of sp³-hybridized carbons (Fsp3) is 0.571. The van der Waals surface area contributed by atoms with Crippen LogP contribution < -0.4 is 10.5 Å². The van der Waals surface area contributed by atoms with E-state index in [4.69, 9.17) is 10.5 Å². The van der Waals surface area contributed by atoms with E-state index in [1.54, 1.807) is 0 Å². The molecule has 1 aromatic carbocycles. The summed E-state index contributed by atoms with van der Waals surface area (Å²) >= 11 is 0. The summed E-state index contributed by atoms with van der Waals surface area (Å²) in [5, 5.41) is 0. The first kappa shape index (κ1) is 13.0. The van der Waals surface area contributed by atoms with Crippen LogP contribution in [0.2, 0.25) is 0 Å². The van der Waals surface area contributed by atoms with Crippen molar-refractivity contribution in [3.63, 3.8) is 0 Å². The zero-order chi connectivity index (χ0) is 11.8. The minimum atomic E-state index is 0.305.